The average molecular weight is 549 g/mol. The van der Waals surface area contributed by atoms with Crippen molar-refractivity contribution in [2.75, 3.05) is 18.5 Å². The van der Waals surface area contributed by atoms with E-state index in [0.29, 0.717) is 41.5 Å². The van der Waals surface area contributed by atoms with Gasteiger partial charge in [0.25, 0.3) is 5.91 Å². The first kappa shape index (κ1) is 26.5. The van der Waals surface area contributed by atoms with Gasteiger partial charge in [-0.1, -0.05) is 40.2 Å². The lowest BCUT2D eigenvalue weighted by molar-refractivity contribution is -0.112. The first-order chi connectivity index (χ1) is 17.4. The number of nitrogens with one attached hydrogen (secondary N) is 1. The molecule has 0 heterocycles. The van der Waals surface area contributed by atoms with Crippen molar-refractivity contribution in [3.63, 3.8) is 0 Å². The SMILES string of the molecule is CCOC(=O)c1ccc(NC(=O)/C(C#N)=C/c2ccc(OCc3ccccc3Br)c(OCC)c2)cc1. The molecular weight excluding hydrogens is 524 g/mol. The molecule has 0 saturated heterocycles. The minimum absolute atomic E-state index is 0.0891. The van der Waals surface area contributed by atoms with Crippen molar-refractivity contribution in [2.24, 2.45) is 0 Å². The number of nitrogens with zero attached hydrogens (tertiary/aromatic N) is 1. The van der Waals surface area contributed by atoms with E-state index in [2.05, 4.69) is 21.2 Å². The van der Waals surface area contributed by atoms with Crippen LogP contribution in [0.25, 0.3) is 6.08 Å². The van der Waals surface area contributed by atoms with Crippen molar-refractivity contribution in [3.8, 4) is 17.6 Å². The van der Waals surface area contributed by atoms with E-state index in [9.17, 15) is 14.9 Å². The van der Waals surface area contributed by atoms with Crippen molar-refractivity contribution in [1.29, 1.82) is 5.26 Å². The van der Waals surface area contributed by atoms with Crippen molar-refractivity contribution < 1.29 is 23.8 Å². The standard InChI is InChI=1S/C28H25BrN2O5/c1-3-34-26-16-19(9-14-25(26)36-18-21-7-5-6-8-24(21)29)15-22(17-30)27(32)31-23-12-10-20(11-13-23)28(33)35-4-2/h5-16H,3-4,18H2,1-2H3,(H,31,32)/b22-15+. The molecule has 0 aliphatic heterocycles. The molecule has 0 aromatic heterocycles. The predicted octanol–water partition coefficient (Wildman–Crippen LogP) is 6.15. The molecule has 1 N–H and O–H groups in total. The van der Waals surface area contributed by atoms with Crippen molar-refractivity contribution in [1.82, 2.24) is 0 Å². The Morgan fingerprint density at radius 3 is 2.39 bits per heavy atom. The molecule has 0 radical (unpaired) electrons. The molecule has 1 amide bonds. The molecule has 0 fully saturated rings. The zero-order valence-electron chi connectivity index (χ0n) is 19.9. The van der Waals surface area contributed by atoms with Crippen LogP contribution in [0.4, 0.5) is 5.69 Å². The van der Waals surface area contributed by atoms with Crippen LogP contribution in [-0.4, -0.2) is 25.1 Å². The third-order valence-corrected chi connectivity index (χ3v) is 5.71. The van der Waals surface area contributed by atoms with Crippen LogP contribution < -0.4 is 14.8 Å². The Labute approximate surface area is 218 Å². The molecule has 7 nitrogen and oxygen atoms in total. The van der Waals surface area contributed by atoms with Gasteiger partial charge in [0.1, 0.15) is 18.2 Å². The zero-order chi connectivity index (χ0) is 25.9. The van der Waals surface area contributed by atoms with Gasteiger partial charge in [0.05, 0.1) is 18.8 Å². The van der Waals surface area contributed by atoms with Crippen LogP contribution in [-0.2, 0) is 16.1 Å². The van der Waals surface area contributed by atoms with Gasteiger partial charge in [0.2, 0.25) is 0 Å². The van der Waals surface area contributed by atoms with E-state index in [1.54, 1.807) is 49.4 Å². The summed E-state index contributed by atoms with van der Waals surface area (Å²) >= 11 is 3.51. The Morgan fingerprint density at radius 2 is 1.72 bits per heavy atom. The molecule has 0 aliphatic carbocycles. The number of anilines is 1. The van der Waals surface area contributed by atoms with E-state index in [4.69, 9.17) is 14.2 Å². The maximum Gasteiger partial charge on any atom is 0.338 e. The monoisotopic (exact) mass is 548 g/mol. The van der Waals surface area contributed by atoms with Crippen LogP contribution in [0.15, 0.2) is 76.8 Å². The van der Waals surface area contributed by atoms with Gasteiger partial charge < -0.3 is 19.5 Å². The number of hydrogen-bond acceptors (Lipinski definition) is 6. The lowest BCUT2D eigenvalue weighted by Crippen LogP contribution is -2.13. The predicted molar refractivity (Wildman–Crippen MR) is 141 cm³/mol. The average Bonchev–Trinajstić information content (AvgIpc) is 2.88. The highest BCUT2D eigenvalue weighted by atomic mass is 79.9. The Hall–Kier alpha value is -4.09. The molecule has 0 spiro atoms. The third-order valence-electron chi connectivity index (χ3n) is 4.94. The maximum absolute atomic E-state index is 12.7. The molecule has 8 heteroatoms. The van der Waals surface area contributed by atoms with E-state index in [-0.39, 0.29) is 12.2 Å². The normalized spacial score (nSPS) is 10.8. The lowest BCUT2D eigenvalue weighted by atomic mass is 10.1. The highest BCUT2D eigenvalue weighted by Crippen LogP contribution is 2.31. The minimum atomic E-state index is -0.575. The fraction of sp³-hybridized carbons (Fsp3) is 0.179. The van der Waals surface area contributed by atoms with E-state index < -0.39 is 11.9 Å². The van der Waals surface area contributed by atoms with Gasteiger partial charge >= 0.3 is 5.97 Å². The quantitative estimate of drug-likeness (QED) is 0.185. The van der Waals surface area contributed by atoms with Gasteiger partial charge in [-0.15, -0.1) is 0 Å². The van der Waals surface area contributed by atoms with Gasteiger partial charge in [-0.3, -0.25) is 4.79 Å². The number of carbonyl (C=O) groups excluding carboxylic acids is 2. The Balaban J connectivity index is 1.74. The number of amides is 1. The molecule has 0 atom stereocenters. The summed E-state index contributed by atoms with van der Waals surface area (Å²) in [6.45, 7) is 4.63. The van der Waals surface area contributed by atoms with Crippen LogP contribution in [0.3, 0.4) is 0 Å². The molecule has 0 unspecified atom stereocenters. The number of hydrogen-bond donors (Lipinski definition) is 1. The number of nitriles is 1. The van der Waals surface area contributed by atoms with E-state index >= 15 is 0 Å². The van der Waals surface area contributed by atoms with E-state index in [1.165, 1.54) is 6.08 Å². The number of esters is 1. The van der Waals surface area contributed by atoms with Crippen molar-refractivity contribution in [2.45, 2.75) is 20.5 Å². The molecule has 3 aromatic rings. The molecule has 0 saturated carbocycles. The summed E-state index contributed by atoms with van der Waals surface area (Å²) in [4.78, 5) is 24.5. The van der Waals surface area contributed by atoms with E-state index in [1.807, 2.05) is 37.3 Å². The number of rotatable bonds is 10. The highest BCUT2D eigenvalue weighted by molar-refractivity contribution is 9.10. The van der Waals surface area contributed by atoms with Gasteiger partial charge in [0, 0.05) is 15.7 Å². The summed E-state index contributed by atoms with van der Waals surface area (Å²) in [6, 6.07) is 21.2. The maximum atomic E-state index is 12.7. The Bertz CT molecular complexity index is 1300. The summed E-state index contributed by atoms with van der Waals surface area (Å²) in [5.41, 5.74) is 2.32. The van der Waals surface area contributed by atoms with Crippen LogP contribution in [0.5, 0.6) is 11.5 Å². The molecule has 36 heavy (non-hydrogen) atoms. The van der Waals surface area contributed by atoms with Crippen molar-refractivity contribution in [3.05, 3.63) is 93.5 Å². The fourth-order valence-corrected chi connectivity index (χ4v) is 3.59. The van der Waals surface area contributed by atoms with Gasteiger partial charge in [-0.25, -0.2) is 4.79 Å². The number of halogens is 1. The number of benzene rings is 3. The summed E-state index contributed by atoms with van der Waals surface area (Å²) < 4.78 is 17.6. The van der Waals surface area contributed by atoms with Gasteiger partial charge in [0.15, 0.2) is 11.5 Å². The molecule has 0 bridgehead atoms. The first-order valence-electron chi connectivity index (χ1n) is 11.3. The number of carbonyl (C=O) groups is 2. The highest BCUT2D eigenvalue weighted by Gasteiger charge is 2.13. The van der Waals surface area contributed by atoms with Crippen LogP contribution in [0, 0.1) is 11.3 Å². The fourth-order valence-electron chi connectivity index (χ4n) is 3.19. The van der Waals surface area contributed by atoms with Gasteiger partial charge in [-0.05, 0) is 68.0 Å². The zero-order valence-corrected chi connectivity index (χ0v) is 21.5. The number of ether oxygens (including phenoxy) is 3. The van der Waals surface area contributed by atoms with Crippen LogP contribution in [0.2, 0.25) is 0 Å². The lowest BCUT2D eigenvalue weighted by Gasteiger charge is -2.13. The largest absolute Gasteiger partial charge is 0.490 e. The van der Waals surface area contributed by atoms with E-state index in [0.717, 1.165) is 10.0 Å². The smallest absolute Gasteiger partial charge is 0.338 e. The second-order valence-electron chi connectivity index (χ2n) is 7.44. The van der Waals surface area contributed by atoms with Crippen LogP contribution >= 0.6 is 15.9 Å². The molecule has 0 aliphatic rings. The third kappa shape index (κ3) is 7.20. The molecular formula is C28H25BrN2O5. The molecule has 3 aromatic carbocycles. The Morgan fingerprint density at radius 1 is 0.972 bits per heavy atom. The topological polar surface area (TPSA) is 97.7 Å². The second kappa shape index (κ2) is 13.1. The summed E-state index contributed by atoms with van der Waals surface area (Å²) in [6.07, 6.45) is 1.47. The first-order valence-corrected chi connectivity index (χ1v) is 12.1. The Kier molecular flexibility index (Phi) is 9.66. The summed E-state index contributed by atoms with van der Waals surface area (Å²) in [5, 5.41) is 12.2. The molecule has 184 valence electrons. The van der Waals surface area contributed by atoms with Crippen LogP contribution in [0.1, 0.15) is 35.3 Å². The van der Waals surface area contributed by atoms with Crippen molar-refractivity contribution >= 4 is 39.6 Å². The second-order valence-corrected chi connectivity index (χ2v) is 8.30. The van der Waals surface area contributed by atoms with Gasteiger partial charge in [-0.2, -0.15) is 5.26 Å². The minimum Gasteiger partial charge on any atom is -0.490 e. The summed E-state index contributed by atoms with van der Waals surface area (Å²) in [5.74, 6) is 0.0375. The summed E-state index contributed by atoms with van der Waals surface area (Å²) in [7, 11) is 0. The molecule has 3 rings (SSSR count).